The summed E-state index contributed by atoms with van der Waals surface area (Å²) in [5, 5.41) is 4.32. The molecular weight excluding hydrogens is 260 g/mol. The van der Waals surface area contributed by atoms with Crippen LogP contribution in [0.1, 0.15) is 16.7 Å². The number of methoxy groups -OCH3 is 1. The third kappa shape index (κ3) is 1.88. The minimum absolute atomic E-state index is 0.324. The second-order valence-corrected chi connectivity index (χ2v) is 5.58. The molecule has 0 aliphatic carbocycles. The number of hydrogen-bond acceptors (Lipinski definition) is 4. The van der Waals surface area contributed by atoms with Crippen LogP contribution in [-0.2, 0) is 11.3 Å². The van der Waals surface area contributed by atoms with Gasteiger partial charge in [-0.3, -0.25) is 0 Å². The molecule has 0 radical (unpaired) electrons. The monoisotopic (exact) mass is 274 g/mol. The SMILES string of the molecule is COCc1cc(=O)oc2c(C)c3scc(C)c3cc12. The lowest BCUT2D eigenvalue weighted by atomic mass is 10.0. The zero-order chi connectivity index (χ0) is 13.6. The Balaban J connectivity index is 2.51. The van der Waals surface area contributed by atoms with Crippen molar-refractivity contribution in [1.82, 2.24) is 0 Å². The van der Waals surface area contributed by atoms with E-state index in [1.807, 2.05) is 6.92 Å². The molecule has 0 aliphatic heterocycles. The molecule has 4 heteroatoms. The summed E-state index contributed by atoms with van der Waals surface area (Å²) in [5.41, 5.74) is 3.51. The van der Waals surface area contributed by atoms with Crippen LogP contribution in [0.5, 0.6) is 0 Å². The molecule has 0 aliphatic rings. The van der Waals surface area contributed by atoms with Gasteiger partial charge in [-0.1, -0.05) is 0 Å². The standard InChI is InChI=1S/C15H14O3S/c1-8-7-19-15-9(2)14-12(5-11(8)15)10(6-17-3)4-13(16)18-14/h4-5,7H,6H2,1-3H3. The highest BCUT2D eigenvalue weighted by Crippen LogP contribution is 2.34. The molecule has 19 heavy (non-hydrogen) atoms. The predicted molar refractivity (Wildman–Crippen MR) is 78.1 cm³/mol. The lowest BCUT2D eigenvalue weighted by Gasteiger charge is -2.07. The number of rotatable bonds is 2. The zero-order valence-corrected chi connectivity index (χ0v) is 11.9. The third-order valence-electron chi connectivity index (χ3n) is 3.38. The maximum atomic E-state index is 11.7. The summed E-state index contributed by atoms with van der Waals surface area (Å²) in [5.74, 6) is 0. The van der Waals surface area contributed by atoms with Crippen molar-refractivity contribution in [2.24, 2.45) is 0 Å². The fraction of sp³-hybridized carbons (Fsp3) is 0.267. The molecule has 3 rings (SSSR count). The first-order chi connectivity index (χ1) is 9.11. The van der Waals surface area contributed by atoms with Gasteiger partial charge < -0.3 is 9.15 Å². The lowest BCUT2D eigenvalue weighted by molar-refractivity contribution is 0.185. The van der Waals surface area contributed by atoms with Crippen molar-refractivity contribution in [2.45, 2.75) is 20.5 Å². The van der Waals surface area contributed by atoms with Gasteiger partial charge in [-0.15, -0.1) is 11.3 Å². The van der Waals surface area contributed by atoms with Crippen LogP contribution in [0.25, 0.3) is 21.1 Å². The van der Waals surface area contributed by atoms with Crippen molar-refractivity contribution in [3.8, 4) is 0 Å². The van der Waals surface area contributed by atoms with E-state index in [-0.39, 0.29) is 5.63 Å². The molecule has 0 amide bonds. The van der Waals surface area contributed by atoms with E-state index in [0.29, 0.717) is 12.2 Å². The minimum atomic E-state index is -0.324. The largest absolute Gasteiger partial charge is 0.422 e. The molecule has 0 unspecified atom stereocenters. The van der Waals surface area contributed by atoms with Crippen LogP contribution in [0, 0.1) is 13.8 Å². The Labute approximate surface area is 114 Å². The molecule has 0 fully saturated rings. The van der Waals surface area contributed by atoms with Crippen LogP contribution in [-0.4, -0.2) is 7.11 Å². The molecule has 0 saturated carbocycles. The van der Waals surface area contributed by atoms with Crippen LogP contribution in [0.3, 0.4) is 0 Å². The number of benzene rings is 1. The summed E-state index contributed by atoms with van der Waals surface area (Å²) in [6.45, 7) is 4.51. The van der Waals surface area contributed by atoms with E-state index < -0.39 is 0 Å². The number of ether oxygens (including phenoxy) is 1. The molecule has 0 N–H and O–H groups in total. The van der Waals surface area contributed by atoms with Gasteiger partial charge in [0.1, 0.15) is 5.58 Å². The normalized spacial score (nSPS) is 11.5. The fourth-order valence-electron chi connectivity index (χ4n) is 2.43. The quantitative estimate of drug-likeness (QED) is 0.668. The Morgan fingerprint density at radius 3 is 2.79 bits per heavy atom. The molecule has 2 heterocycles. The van der Waals surface area contributed by atoms with E-state index in [2.05, 4.69) is 18.4 Å². The first kappa shape index (κ1) is 12.4. The van der Waals surface area contributed by atoms with E-state index in [0.717, 1.165) is 16.5 Å². The van der Waals surface area contributed by atoms with Gasteiger partial charge in [0.25, 0.3) is 0 Å². The van der Waals surface area contributed by atoms with Crippen molar-refractivity contribution in [3.05, 3.63) is 44.6 Å². The van der Waals surface area contributed by atoms with Crippen molar-refractivity contribution in [1.29, 1.82) is 0 Å². The third-order valence-corrected chi connectivity index (χ3v) is 4.61. The Bertz CT molecular complexity index is 827. The number of aryl methyl sites for hydroxylation is 2. The van der Waals surface area contributed by atoms with Gasteiger partial charge in [-0.2, -0.15) is 0 Å². The van der Waals surface area contributed by atoms with Gasteiger partial charge in [-0.25, -0.2) is 4.79 Å². The van der Waals surface area contributed by atoms with Gasteiger partial charge in [-0.05, 0) is 41.8 Å². The first-order valence-electron chi connectivity index (χ1n) is 6.05. The van der Waals surface area contributed by atoms with Gasteiger partial charge in [0, 0.05) is 28.8 Å². The first-order valence-corrected chi connectivity index (χ1v) is 6.93. The van der Waals surface area contributed by atoms with E-state index in [9.17, 15) is 4.79 Å². The van der Waals surface area contributed by atoms with Crippen LogP contribution >= 0.6 is 11.3 Å². The summed E-state index contributed by atoms with van der Waals surface area (Å²) in [7, 11) is 1.63. The van der Waals surface area contributed by atoms with E-state index in [1.165, 1.54) is 21.7 Å². The predicted octanol–water partition coefficient (Wildman–Crippen LogP) is 3.77. The lowest BCUT2D eigenvalue weighted by Crippen LogP contribution is -2.02. The maximum absolute atomic E-state index is 11.7. The molecule has 0 spiro atoms. The van der Waals surface area contributed by atoms with Crippen molar-refractivity contribution < 1.29 is 9.15 Å². The van der Waals surface area contributed by atoms with Crippen molar-refractivity contribution >= 4 is 32.4 Å². The van der Waals surface area contributed by atoms with Gasteiger partial charge in [0.15, 0.2) is 0 Å². The Morgan fingerprint density at radius 2 is 2.05 bits per heavy atom. The van der Waals surface area contributed by atoms with Gasteiger partial charge >= 0.3 is 5.63 Å². The van der Waals surface area contributed by atoms with Gasteiger partial charge in [0.05, 0.1) is 6.61 Å². The number of fused-ring (bicyclic) bond motifs is 2. The second-order valence-electron chi connectivity index (χ2n) is 4.70. The molecule has 3 nitrogen and oxygen atoms in total. The minimum Gasteiger partial charge on any atom is -0.422 e. The molecular formula is C15H14O3S. The Hall–Kier alpha value is -1.65. The van der Waals surface area contributed by atoms with E-state index in [1.54, 1.807) is 18.4 Å². The molecule has 3 aromatic rings. The highest BCUT2D eigenvalue weighted by Gasteiger charge is 2.13. The van der Waals surface area contributed by atoms with Crippen molar-refractivity contribution in [2.75, 3.05) is 7.11 Å². The summed E-state index contributed by atoms with van der Waals surface area (Å²) in [6, 6.07) is 3.61. The highest BCUT2D eigenvalue weighted by molar-refractivity contribution is 7.17. The molecule has 0 bridgehead atoms. The van der Waals surface area contributed by atoms with Crippen LogP contribution in [0.4, 0.5) is 0 Å². The van der Waals surface area contributed by atoms with E-state index in [4.69, 9.17) is 9.15 Å². The second kappa shape index (κ2) is 4.47. The summed E-state index contributed by atoms with van der Waals surface area (Å²) < 4.78 is 11.8. The Morgan fingerprint density at radius 1 is 1.26 bits per heavy atom. The van der Waals surface area contributed by atoms with E-state index >= 15 is 0 Å². The summed E-state index contributed by atoms with van der Waals surface area (Å²) in [6.07, 6.45) is 0. The van der Waals surface area contributed by atoms with Crippen LogP contribution in [0.2, 0.25) is 0 Å². The van der Waals surface area contributed by atoms with Crippen LogP contribution in [0.15, 0.2) is 26.7 Å². The Kier molecular flexibility index (Phi) is 2.92. The smallest absolute Gasteiger partial charge is 0.336 e. The zero-order valence-electron chi connectivity index (χ0n) is 11.1. The molecule has 98 valence electrons. The average molecular weight is 274 g/mol. The average Bonchev–Trinajstić information content (AvgIpc) is 2.74. The summed E-state index contributed by atoms with van der Waals surface area (Å²) >= 11 is 1.69. The molecule has 0 saturated heterocycles. The highest BCUT2D eigenvalue weighted by atomic mass is 32.1. The van der Waals surface area contributed by atoms with Crippen LogP contribution < -0.4 is 5.63 Å². The molecule has 2 aromatic heterocycles. The maximum Gasteiger partial charge on any atom is 0.336 e. The number of thiophene rings is 1. The summed E-state index contributed by atoms with van der Waals surface area (Å²) in [4.78, 5) is 11.7. The topological polar surface area (TPSA) is 39.4 Å². The molecule has 1 aromatic carbocycles. The van der Waals surface area contributed by atoms with Gasteiger partial charge in [0.2, 0.25) is 0 Å². The number of hydrogen-bond donors (Lipinski definition) is 0. The fourth-order valence-corrected chi connectivity index (χ4v) is 3.47. The molecule has 0 atom stereocenters. The van der Waals surface area contributed by atoms with Crippen molar-refractivity contribution in [3.63, 3.8) is 0 Å².